The molecule has 2 aromatic carbocycles. The quantitative estimate of drug-likeness (QED) is 0.237. The van der Waals surface area contributed by atoms with E-state index in [1.165, 1.54) is 35.2 Å². The molecule has 0 spiro atoms. The van der Waals surface area contributed by atoms with Crippen molar-refractivity contribution in [3.8, 4) is 5.75 Å². The zero-order valence-electron chi connectivity index (χ0n) is 17.3. The molecule has 166 valence electrons. The molecule has 0 saturated heterocycles. The fraction of sp³-hybridized carbons (Fsp3) is 0.130. The molecule has 5 aromatic rings. The standard InChI is InChI=1S/C23H18FN5O2S2/c1-2-11-28-21(30)18-5-3-4-6-19(18)29-22(28)26-27-23(29)33-14-16-13-32-20(25-16)12-31-17-9-7-15(24)8-10-17/h2-10,13H,1,11-12,14H2. The number of thiazole rings is 1. The number of hydrogen-bond donors (Lipinski definition) is 0. The molecule has 0 radical (unpaired) electrons. The van der Waals surface area contributed by atoms with Gasteiger partial charge in [0.15, 0.2) is 5.16 Å². The minimum atomic E-state index is -0.300. The first kappa shape index (κ1) is 21.4. The van der Waals surface area contributed by atoms with Crippen LogP contribution in [0.3, 0.4) is 0 Å². The van der Waals surface area contributed by atoms with Gasteiger partial charge in [0.1, 0.15) is 23.2 Å². The Labute approximate surface area is 196 Å². The highest BCUT2D eigenvalue weighted by molar-refractivity contribution is 7.98. The van der Waals surface area contributed by atoms with Crippen molar-refractivity contribution in [2.24, 2.45) is 0 Å². The van der Waals surface area contributed by atoms with E-state index in [1.54, 1.807) is 28.8 Å². The lowest BCUT2D eigenvalue weighted by molar-refractivity contribution is 0.305. The van der Waals surface area contributed by atoms with Gasteiger partial charge in [0.25, 0.3) is 5.56 Å². The lowest BCUT2D eigenvalue weighted by Gasteiger charge is -2.09. The molecule has 7 nitrogen and oxygen atoms in total. The molecule has 0 N–H and O–H groups in total. The van der Waals surface area contributed by atoms with Gasteiger partial charge >= 0.3 is 0 Å². The molecular formula is C23H18FN5O2S2. The zero-order valence-corrected chi connectivity index (χ0v) is 19.0. The summed E-state index contributed by atoms with van der Waals surface area (Å²) in [4.78, 5) is 17.5. The molecule has 5 rings (SSSR count). The summed E-state index contributed by atoms with van der Waals surface area (Å²) < 4.78 is 22.2. The second-order valence-electron chi connectivity index (χ2n) is 7.10. The van der Waals surface area contributed by atoms with Gasteiger partial charge < -0.3 is 4.74 Å². The monoisotopic (exact) mass is 479 g/mol. The van der Waals surface area contributed by atoms with Gasteiger partial charge in [0.05, 0.1) is 16.6 Å². The molecule has 33 heavy (non-hydrogen) atoms. The second kappa shape index (κ2) is 9.16. The van der Waals surface area contributed by atoms with Crippen molar-refractivity contribution >= 4 is 39.8 Å². The average Bonchev–Trinajstić information content (AvgIpc) is 3.47. The summed E-state index contributed by atoms with van der Waals surface area (Å²) in [5.41, 5.74) is 1.53. The van der Waals surface area contributed by atoms with Gasteiger partial charge in [-0.3, -0.25) is 13.8 Å². The maximum atomic E-state index is 13.0. The van der Waals surface area contributed by atoms with Crippen molar-refractivity contribution in [1.82, 2.24) is 24.1 Å². The number of rotatable bonds is 8. The number of benzene rings is 2. The highest BCUT2D eigenvalue weighted by Crippen LogP contribution is 2.26. The summed E-state index contributed by atoms with van der Waals surface area (Å²) >= 11 is 3.00. The second-order valence-corrected chi connectivity index (χ2v) is 8.99. The number of allylic oxidation sites excluding steroid dienone is 1. The number of nitrogens with zero attached hydrogens (tertiary/aromatic N) is 5. The predicted molar refractivity (Wildman–Crippen MR) is 127 cm³/mol. The summed E-state index contributed by atoms with van der Waals surface area (Å²) in [5.74, 6) is 1.36. The molecule has 0 aliphatic carbocycles. The Morgan fingerprint density at radius 1 is 1.15 bits per heavy atom. The maximum absolute atomic E-state index is 13.0. The lowest BCUT2D eigenvalue weighted by Crippen LogP contribution is -2.22. The van der Waals surface area contributed by atoms with E-state index in [0.29, 0.717) is 41.0 Å². The van der Waals surface area contributed by atoms with Gasteiger partial charge in [0.2, 0.25) is 5.78 Å². The van der Waals surface area contributed by atoms with E-state index in [0.717, 1.165) is 16.2 Å². The van der Waals surface area contributed by atoms with E-state index in [4.69, 9.17) is 4.74 Å². The number of thioether (sulfide) groups is 1. The maximum Gasteiger partial charge on any atom is 0.263 e. The van der Waals surface area contributed by atoms with Crippen molar-refractivity contribution in [3.63, 3.8) is 0 Å². The first-order valence-electron chi connectivity index (χ1n) is 10.1. The van der Waals surface area contributed by atoms with E-state index in [1.807, 2.05) is 28.0 Å². The van der Waals surface area contributed by atoms with Crippen LogP contribution in [0.15, 0.2) is 76.5 Å². The van der Waals surface area contributed by atoms with Gasteiger partial charge in [-0.15, -0.1) is 28.1 Å². The van der Waals surface area contributed by atoms with Crippen LogP contribution in [-0.4, -0.2) is 24.1 Å². The van der Waals surface area contributed by atoms with Crippen LogP contribution in [0.4, 0.5) is 4.39 Å². The fourth-order valence-corrected chi connectivity index (χ4v) is 5.06. The third-order valence-electron chi connectivity index (χ3n) is 4.91. The van der Waals surface area contributed by atoms with E-state index in [9.17, 15) is 9.18 Å². The normalized spacial score (nSPS) is 11.3. The van der Waals surface area contributed by atoms with Gasteiger partial charge in [-0.1, -0.05) is 30.0 Å². The third kappa shape index (κ3) is 4.27. The SMILES string of the molecule is C=CCn1c(=O)c2ccccc2n2c(SCc3csc(COc4ccc(F)cc4)n3)nnc12. The van der Waals surface area contributed by atoms with Crippen LogP contribution in [0.1, 0.15) is 10.7 Å². The molecule has 0 amide bonds. The zero-order chi connectivity index (χ0) is 22.8. The Bertz CT molecular complexity index is 1510. The number of aromatic nitrogens is 5. The molecule has 0 saturated carbocycles. The lowest BCUT2D eigenvalue weighted by atomic mass is 10.2. The Kier molecular flexibility index (Phi) is 5.93. The van der Waals surface area contributed by atoms with Crippen LogP contribution < -0.4 is 10.3 Å². The predicted octanol–water partition coefficient (Wildman–Crippen LogP) is 4.70. The van der Waals surface area contributed by atoms with Crippen molar-refractivity contribution in [3.05, 3.63) is 93.4 Å². The molecule has 0 fully saturated rings. The van der Waals surface area contributed by atoms with Crippen LogP contribution in [-0.2, 0) is 18.9 Å². The van der Waals surface area contributed by atoms with E-state index in [-0.39, 0.29) is 11.4 Å². The van der Waals surface area contributed by atoms with Crippen molar-refractivity contribution in [2.75, 3.05) is 0 Å². The van der Waals surface area contributed by atoms with Crippen LogP contribution in [0.5, 0.6) is 5.75 Å². The van der Waals surface area contributed by atoms with Gasteiger partial charge in [-0.25, -0.2) is 9.37 Å². The van der Waals surface area contributed by atoms with E-state index < -0.39 is 0 Å². The molecular weight excluding hydrogens is 461 g/mol. The Hall–Kier alpha value is -3.50. The summed E-state index contributed by atoms with van der Waals surface area (Å²) in [6, 6.07) is 13.3. The van der Waals surface area contributed by atoms with Crippen molar-refractivity contribution < 1.29 is 9.13 Å². The first-order chi connectivity index (χ1) is 16.1. The Balaban J connectivity index is 1.37. The number of hydrogen-bond acceptors (Lipinski definition) is 7. The Morgan fingerprint density at radius 2 is 1.97 bits per heavy atom. The smallest absolute Gasteiger partial charge is 0.263 e. The molecule has 3 heterocycles. The fourth-order valence-electron chi connectivity index (χ4n) is 3.42. The molecule has 0 unspecified atom stereocenters. The van der Waals surface area contributed by atoms with Crippen LogP contribution in [0.25, 0.3) is 16.7 Å². The summed E-state index contributed by atoms with van der Waals surface area (Å²) in [7, 11) is 0. The van der Waals surface area contributed by atoms with Crippen LogP contribution in [0.2, 0.25) is 0 Å². The van der Waals surface area contributed by atoms with Crippen molar-refractivity contribution in [1.29, 1.82) is 0 Å². The summed E-state index contributed by atoms with van der Waals surface area (Å²) in [6.45, 7) is 4.41. The first-order valence-corrected chi connectivity index (χ1v) is 11.9. The largest absolute Gasteiger partial charge is 0.486 e. The molecule has 0 aliphatic heterocycles. The molecule has 3 aromatic heterocycles. The number of ether oxygens (including phenoxy) is 1. The summed E-state index contributed by atoms with van der Waals surface area (Å²) in [5, 5.41) is 12.7. The highest BCUT2D eigenvalue weighted by Gasteiger charge is 2.16. The van der Waals surface area contributed by atoms with E-state index >= 15 is 0 Å². The van der Waals surface area contributed by atoms with E-state index in [2.05, 4.69) is 21.8 Å². The topological polar surface area (TPSA) is 74.3 Å². The molecule has 0 aliphatic rings. The van der Waals surface area contributed by atoms with Gasteiger partial charge in [-0.2, -0.15) is 0 Å². The van der Waals surface area contributed by atoms with Gasteiger partial charge in [-0.05, 0) is 36.4 Å². The third-order valence-corrected chi connectivity index (χ3v) is 6.75. The average molecular weight is 480 g/mol. The molecule has 0 atom stereocenters. The number of para-hydroxylation sites is 1. The van der Waals surface area contributed by atoms with Crippen molar-refractivity contribution in [2.45, 2.75) is 24.1 Å². The minimum absolute atomic E-state index is 0.118. The van der Waals surface area contributed by atoms with Crippen LogP contribution in [0, 0.1) is 5.82 Å². The minimum Gasteiger partial charge on any atom is -0.486 e. The highest BCUT2D eigenvalue weighted by atomic mass is 32.2. The Morgan fingerprint density at radius 3 is 2.79 bits per heavy atom. The number of halogens is 1. The number of fused-ring (bicyclic) bond motifs is 3. The van der Waals surface area contributed by atoms with Crippen LogP contribution >= 0.6 is 23.1 Å². The van der Waals surface area contributed by atoms with Gasteiger partial charge in [0, 0.05) is 17.7 Å². The molecule has 10 heteroatoms. The molecule has 0 bridgehead atoms. The summed E-state index contributed by atoms with van der Waals surface area (Å²) in [6.07, 6.45) is 1.67.